The second-order valence-electron chi connectivity index (χ2n) is 5.04. The maximum atomic E-state index is 13.7. The first-order valence-corrected chi connectivity index (χ1v) is 6.28. The molecule has 0 amide bonds. The van der Waals surface area contributed by atoms with Crippen molar-refractivity contribution in [2.75, 3.05) is 13.7 Å². The molecule has 0 radical (unpaired) electrons. The van der Waals surface area contributed by atoms with Crippen LogP contribution in [0.1, 0.15) is 37.9 Å². The van der Waals surface area contributed by atoms with Gasteiger partial charge in [0.25, 0.3) is 0 Å². The van der Waals surface area contributed by atoms with E-state index in [2.05, 4.69) is 5.32 Å². The Morgan fingerprint density at radius 2 is 1.85 bits per heavy atom. The summed E-state index contributed by atoms with van der Waals surface area (Å²) in [4.78, 5) is 0. The van der Waals surface area contributed by atoms with E-state index < -0.39 is 29.2 Å². The number of likely N-dealkylation sites (N-methyl/N-ethyl adjacent to an activating group) is 1. The number of benzene rings is 1. The molecule has 114 valence electrons. The molecule has 1 atom stereocenters. The molecule has 0 saturated heterocycles. The summed E-state index contributed by atoms with van der Waals surface area (Å²) in [6, 6.07) is 2.55. The van der Waals surface area contributed by atoms with Crippen LogP contribution in [0, 0.1) is 5.82 Å². The fourth-order valence-electron chi connectivity index (χ4n) is 2.03. The average Bonchev–Trinajstić information content (AvgIpc) is 2.34. The Hall–Kier alpha value is -1.14. The first-order chi connectivity index (χ1) is 9.13. The number of ether oxygens (including phenoxy) is 1. The Kier molecular flexibility index (Phi) is 5.15. The maximum absolute atomic E-state index is 13.7. The molecular weight excluding hydrogens is 274 g/mol. The summed E-state index contributed by atoms with van der Waals surface area (Å²) >= 11 is 0. The fraction of sp³-hybridized carbons (Fsp3) is 0.571. The van der Waals surface area contributed by atoms with Gasteiger partial charge in [-0.15, -0.1) is 0 Å². The van der Waals surface area contributed by atoms with Gasteiger partial charge < -0.3 is 10.1 Å². The molecule has 0 aliphatic carbocycles. The lowest BCUT2D eigenvalue weighted by Gasteiger charge is -2.34. The Bertz CT molecular complexity index is 457. The minimum absolute atomic E-state index is 0.408. The van der Waals surface area contributed by atoms with E-state index in [-0.39, 0.29) is 0 Å². The summed E-state index contributed by atoms with van der Waals surface area (Å²) in [5.74, 6) is -1.27. The first kappa shape index (κ1) is 16.9. The molecule has 20 heavy (non-hydrogen) atoms. The van der Waals surface area contributed by atoms with Gasteiger partial charge in [-0.25, -0.2) is 4.39 Å². The number of halogens is 4. The molecular formula is C14H19F4NO. The first-order valence-electron chi connectivity index (χ1n) is 6.28. The summed E-state index contributed by atoms with van der Waals surface area (Å²) in [7, 11) is 1.50. The van der Waals surface area contributed by atoms with Crippen molar-refractivity contribution in [2.45, 2.75) is 38.6 Å². The second kappa shape index (κ2) is 6.10. The molecule has 0 spiro atoms. The molecule has 0 fully saturated rings. The summed E-state index contributed by atoms with van der Waals surface area (Å²) in [6.45, 7) is 6.02. The molecule has 1 unspecified atom stereocenters. The topological polar surface area (TPSA) is 21.3 Å². The molecule has 0 aliphatic rings. The molecule has 0 heterocycles. The Labute approximate surface area is 116 Å². The third kappa shape index (κ3) is 3.70. The zero-order valence-electron chi connectivity index (χ0n) is 11.9. The Morgan fingerprint density at radius 1 is 1.25 bits per heavy atom. The smallest absolute Gasteiger partial charge is 0.377 e. The lowest BCUT2D eigenvalue weighted by molar-refractivity contribution is -0.140. The van der Waals surface area contributed by atoms with Crippen LogP contribution in [-0.2, 0) is 10.9 Å². The number of hydrogen-bond acceptors (Lipinski definition) is 2. The molecule has 1 aromatic carbocycles. The number of nitrogens with one attached hydrogen (secondary N) is 1. The van der Waals surface area contributed by atoms with Crippen LogP contribution < -0.4 is 5.32 Å². The van der Waals surface area contributed by atoms with E-state index in [1.807, 2.05) is 6.92 Å². The zero-order chi connectivity index (χ0) is 15.6. The fourth-order valence-corrected chi connectivity index (χ4v) is 2.03. The molecule has 0 saturated carbocycles. The van der Waals surface area contributed by atoms with Gasteiger partial charge in [-0.1, -0.05) is 13.0 Å². The highest BCUT2D eigenvalue weighted by Gasteiger charge is 2.36. The minimum Gasteiger partial charge on any atom is -0.377 e. The summed E-state index contributed by atoms with van der Waals surface area (Å²) in [5.41, 5.74) is -1.52. The van der Waals surface area contributed by atoms with Crippen LogP contribution in [-0.4, -0.2) is 19.3 Å². The summed E-state index contributed by atoms with van der Waals surface area (Å²) in [5, 5.41) is 3.10. The van der Waals surface area contributed by atoms with E-state index in [4.69, 9.17) is 4.74 Å². The predicted molar refractivity (Wildman–Crippen MR) is 68.9 cm³/mol. The quantitative estimate of drug-likeness (QED) is 0.831. The van der Waals surface area contributed by atoms with Crippen LogP contribution >= 0.6 is 0 Å². The van der Waals surface area contributed by atoms with Gasteiger partial charge in [-0.2, -0.15) is 13.2 Å². The van der Waals surface area contributed by atoms with Gasteiger partial charge in [-0.05, 0) is 38.1 Å². The number of hydrogen-bond donors (Lipinski definition) is 1. The van der Waals surface area contributed by atoms with Gasteiger partial charge in [0, 0.05) is 7.11 Å². The second-order valence-corrected chi connectivity index (χ2v) is 5.04. The monoisotopic (exact) mass is 293 g/mol. The van der Waals surface area contributed by atoms with Gasteiger partial charge in [0.15, 0.2) is 0 Å². The highest BCUT2D eigenvalue weighted by molar-refractivity contribution is 5.30. The average molecular weight is 293 g/mol. The third-order valence-electron chi connectivity index (χ3n) is 3.26. The maximum Gasteiger partial charge on any atom is 0.419 e. The molecule has 1 rings (SSSR count). The lowest BCUT2D eigenvalue weighted by Crippen LogP contribution is -2.40. The molecule has 1 aromatic rings. The normalized spacial score (nSPS) is 14.4. The molecule has 0 aromatic heterocycles. The summed E-state index contributed by atoms with van der Waals surface area (Å²) < 4.78 is 56.6. The largest absolute Gasteiger partial charge is 0.419 e. The van der Waals surface area contributed by atoms with Crippen LogP contribution in [0.2, 0.25) is 0 Å². The highest BCUT2D eigenvalue weighted by Crippen LogP contribution is 2.34. The molecule has 1 N–H and O–H groups in total. The van der Waals surface area contributed by atoms with Crippen molar-refractivity contribution in [3.05, 3.63) is 35.1 Å². The van der Waals surface area contributed by atoms with Gasteiger partial charge in [0.05, 0.1) is 17.2 Å². The van der Waals surface area contributed by atoms with Crippen molar-refractivity contribution in [1.82, 2.24) is 5.32 Å². The molecule has 0 bridgehead atoms. The van der Waals surface area contributed by atoms with E-state index in [0.29, 0.717) is 12.1 Å². The minimum atomic E-state index is -4.69. The van der Waals surface area contributed by atoms with E-state index in [1.165, 1.54) is 13.2 Å². The molecule has 0 aliphatic heterocycles. The van der Waals surface area contributed by atoms with Crippen LogP contribution in [0.25, 0.3) is 0 Å². The number of methoxy groups -OCH3 is 1. The highest BCUT2D eigenvalue weighted by atomic mass is 19.4. The van der Waals surface area contributed by atoms with Crippen molar-refractivity contribution < 1.29 is 22.3 Å². The van der Waals surface area contributed by atoms with E-state index in [9.17, 15) is 17.6 Å². The van der Waals surface area contributed by atoms with Crippen molar-refractivity contribution in [3.63, 3.8) is 0 Å². The van der Waals surface area contributed by atoms with Gasteiger partial charge in [-0.3, -0.25) is 0 Å². The zero-order valence-corrected chi connectivity index (χ0v) is 11.9. The van der Waals surface area contributed by atoms with Crippen LogP contribution in [0.3, 0.4) is 0 Å². The van der Waals surface area contributed by atoms with Gasteiger partial charge in [0.1, 0.15) is 5.82 Å². The van der Waals surface area contributed by atoms with E-state index >= 15 is 0 Å². The van der Waals surface area contributed by atoms with Crippen LogP contribution in [0.15, 0.2) is 18.2 Å². The lowest BCUT2D eigenvalue weighted by atomic mass is 9.90. The van der Waals surface area contributed by atoms with Crippen molar-refractivity contribution in [3.8, 4) is 0 Å². The van der Waals surface area contributed by atoms with Crippen molar-refractivity contribution >= 4 is 0 Å². The number of alkyl halides is 3. The van der Waals surface area contributed by atoms with Gasteiger partial charge in [0.2, 0.25) is 0 Å². The molecule has 6 heteroatoms. The molecule has 2 nitrogen and oxygen atoms in total. The Balaban J connectivity index is 3.21. The third-order valence-corrected chi connectivity index (χ3v) is 3.26. The summed E-state index contributed by atoms with van der Waals surface area (Å²) in [6.07, 6.45) is -4.69. The Morgan fingerprint density at radius 3 is 2.25 bits per heavy atom. The van der Waals surface area contributed by atoms with E-state index in [0.717, 1.165) is 12.1 Å². The van der Waals surface area contributed by atoms with Crippen LogP contribution in [0.5, 0.6) is 0 Å². The predicted octanol–water partition coefficient (Wildman–Crippen LogP) is 3.92. The van der Waals surface area contributed by atoms with Crippen LogP contribution in [0.4, 0.5) is 17.6 Å². The SMILES string of the molecule is CCNC(c1ccc(C(F)(F)F)c(F)c1)C(C)(C)OC. The van der Waals surface area contributed by atoms with Crippen molar-refractivity contribution in [2.24, 2.45) is 0 Å². The van der Waals surface area contributed by atoms with Crippen molar-refractivity contribution in [1.29, 1.82) is 0 Å². The number of rotatable bonds is 5. The van der Waals surface area contributed by atoms with Gasteiger partial charge >= 0.3 is 6.18 Å². The standard InChI is InChI=1S/C14H19F4NO/c1-5-19-12(13(2,3)20-4)9-6-7-10(11(15)8-9)14(16,17)18/h6-8,12,19H,5H2,1-4H3. The van der Waals surface area contributed by atoms with E-state index in [1.54, 1.807) is 13.8 Å².